The van der Waals surface area contributed by atoms with Crippen LogP contribution in [0.25, 0.3) is 21.5 Å². The Labute approximate surface area is 175 Å². The number of rotatable bonds is 4. The molecule has 0 radical (unpaired) electrons. The van der Waals surface area contributed by atoms with Gasteiger partial charge in [0.2, 0.25) is 0 Å². The van der Waals surface area contributed by atoms with Crippen LogP contribution in [-0.2, 0) is 0 Å². The van der Waals surface area contributed by atoms with E-state index in [9.17, 15) is 0 Å². The second-order valence-corrected chi connectivity index (χ2v) is 7.34. The Morgan fingerprint density at radius 3 is 1.00 bits per heavy atom. The maximum atomic E-state index is 5.86. The summed E-state index contributed by atoms with van der Waals surface area (Å²) in [7, 11) is 0. The molecule has 0 heterocycles. The van der Waals surface area contributed by atoms with Crippen LogP contribution < -0.4 is 22.1 Å². The van der Waals surface area contributed by atoms with Gasteiger partial charge in [0.05, 0.1) is 11.4 Å². The molecular weight excluding hydrogens is 368 g/mol. The van der Waals surface area contributed by atoms with Crippen LogP contribution in [0.1, 0.15) is 0 Å². The first-order chi connectivity index (χ1) is 14.7. The van der Waals surface area contributed by atoms with E-state index in [4.69, 9.17) is 11.5 Å². The molecule has 0 aliphatic heterocycles. The highest BCUT2D eigenvalue weighted by molar-refractivity contribution is 6.20. The predicted molar refractivity (Wildman–Crippen MR) is 130 cm³/mol. The number of anilines is 6. The molecule has 146 valence electrons. The quantitative estimate of drug-likeness (QED) is 0.157. The fraction of sp³-hybridized carbons (Fsp3) is 0. The van der Waals surface area contributed by atoms with Crippen molar-refractivity contribution in [1.82, 2.24) is 0 Å². The van der Waals surface area contributed by atoms with E-state index in [1.165, 1.54) is 0 Å². The van der Waals surface area contributed by atoms with Gasteiger partial charge < -0.3 is 22.1 Å². The number of fused-ring (bicyclic) bond motifs is 2. The summed E-state index contributed by atoms with van der Waals surface area (Å²) >= 11 is 0. The zero-order chi connectivity index (χ0) is 20.5. The molecule has 5 aromatic rings. The van der Waals surface area contributed by atoms with Crippen molar-refractivity contribution in [3.63, 3.8) is 0 Å². The maximum Gasteiger partial charge on any atom is 0.0545 e. The Bertz CT molecular complexity index is 1180. The zero-order valence-corrected chi connectivity index (χ0v) is 16.4. The van der Waals surface area contributed by atoms with Crippen molar-refractivity contribution in [2.24, 2.45) is 0 Å². The van der Waals surface area contributed by atoms with Crippen LogP contribution in [0.2, 0.25) is 0 Å². The van der Waals surface area contributed by atoms with E-state index in [0.29, 0.717) is 0 Å². The Hall–Kier alpha value is -4.18. The van der Waals surface area contributed by atoms with Crippen molar-refractivity contribution in [2.75, 3.05) is 22.1 Å². The summed E-state index contributed by atoms with van der Waals surface area (Å²) in [5.41, 5.74) is 17.4. The Balaban J connectivity index is 1.73. The third kappa shape index (κ3) is 3.25. The lowest BCUT2D eigenvalue weighted by molar-refractivity contribution is 1.57. The van der Waals surface area contributed by atoms with E-state index in [1.807, 2.05) is 48.5 Å². The van der Waals surface area contributed by atoms with Gasteiger partial charge in [-0.3, -0.25) is 0 Å². The van der Waals surface area contributed by atoms with Crippen molar-refractivity contribution in [1.29, 1.82) is 0 Å². The average molecular weight is 390 g/mol. The van der Waals surface area contributed by atoms with Crippen molar-refractivity contribution < 1.29 is 0 Å². The first kappa shape index (κ1) is 17.9. The molecule has 0 atom stereocenters. The molecule has 0 saturated carbocycles. The number of hydrogen-bond donors (Lipinski definition) is 4. The number of benzene rings is 5. The van der Waals surface area contributed by atoms with Gasteiger partial charge in [0, 0.05) is 44.3 Å². The van der Waals surface area contributed by atoms with Crippen LogP contribution in [0.4, 0.5) is 34.1 Å². The van der Waals surface area contributed by atoms with E-state index in [-0.39, 0.29) is 0 Å². The monoisotopic (exact) mass is 390 g/mol. The molecule has 0 spiro atoms. The molecule has 0 bridgehead atoms. The molecule has 5 rings (SSSR count). The summed E-state index contributed by atoms with van der Waals surface area (Å²) in [5, 5.41) is 11.8. The molecule has 30 heavy (non-hydrogen) atoms. The van der Waals surface area contributed by atoms with Crippen molar-refractivity contribution >= 4 is 55.7 Å². The summed E-state index contributed by atoms with van der Waals surface area (Å²) in [6.45, 7) is 0. The standard InChI is InChI=1S/C26H22N4/c27-17-9-13-19(14-10-17)29-25-21-5-1-2-6-22(21)26(24-8-4-3-7-23(24)25)30-20-15-11-18(28)12-16-20/h1-16,29-30H,27-28H2. The second kappa shape index (κ2) is 7.33. The third-order valence-electron chi connectivity index (χ3n) is 5.29. The average Bonchev–Trinajstić information content (AvgIpc) is 2.78. The Morgan fingerprint density at radius 2 is 0.700 bits per heavy atom. The third-order valence-corrected chi connectivity index (χ3v) is 5.29. The van der Waals surface area contributed by atoms with E-state index >= 15 is 0 Å². The number of nitrogens with two attached hydrogens (primary N) is 2. The van der Waals surface area contributed by atoms with E-state index < -0.39 is 0 Å². The van der Waals surface area contributed by atoms with Crippen LogP contribution in [0.15, 0.2) is 97.1 Å². The first-order valence-electron chi connectivity index (χ1n) is 9.87. The molecule has 5 aromatic carbocycles. The summed E-state index contributed by atoms with van der Waals surface area (Å²) in [6.07, 6.45) is 0. The number of nitrogen functional groups attached to an aromatic ring is 2. The van der Waals surface area contributed by atoms with Crippen LogP contribution in [-0.4, -0.2) is 0 Å². The first-order valence-corrected chi connectivity index (χ1v) is 9.87. The van der Waals surface area contributed by atoms with Gasteiger partial charge in [-0.1, -0.05) is 48.5 Å². The van der Waals surface area contributed by atoms with Gasteiger partial charge in [-0.25, -0.2) is 0 Å². The lowest BCUT2D eigenvalue weighted by Gasteiger charge is -2.19. The van der Waals surface area contributed by atoms with Gasteiger partial charge in [0.1, 0.15) is 0 Å². The van der Waals surface area contributed by atoms with Crippen LogP contribution in [0.3, 0.4) is 0 Å². The molecular formula is C26H22N4. The smallest absolute Gasteiger partial charge is 0.0545 e. The van der Waals surface area contributed by atoms with E-state index in [2.05, 4.69) is 59.2 Å². The maximum absolute atomic E-state index is 5.86. The zero-order valence-electron chi connectivity index (χ0n) is 16.4. The van der Waals surface area contributed by atoms with Gasteiger partial charge in [-0.2, -0.15) is 0 Å². The highest BCUT2D eigenvalue weighted by atomic mass is 14.9. The molecule has 0 amide bonds. The predicted octanol–water partition coefficient (Wildman–Crippen LogP) is 6.64. The van der Waals surface area contributed by atoms with Gasteiger partial charge >= 0.3 is 0 Å². The SMILES string of the molecule is Nc1ccc(Nc2c3ccccc3c(Nc3ccc(N)cc3)c3ccccc23)cc1. The Morgan fingerprint density at radius 1 is 0.400 bits per heavy atom. The molecule has 0 saturated heterocycles. The second-order valence-electron chi connectivity index (χ2n) is 7.34. The minimum atomic E-state index is 0.748. The van der Waals surface area contributed by atoms with Crippen molar-refractivity contribution in [3.8, 4) is 0 Å². The highest BCUT2D eigenvalue weighted by Crippen LogP contribution is 2.42. The Kier molecular flexibility index (Phi) is 4.37. The molecule has 6 N–H and O–H groups in total. The van der Waals surface area contributed by atoms with Gasteiger partial charge in [-0.15, -0.1) is 0 Å². The molecule has 0 aliphatic carbocycles. The summed E-state index contributed by atoms with van der Waals surface area (Å²) in [6, 6.07) is 32.5. The molecule has 4 heteroatoms. The fourth-order valence-electron chi connectivity index (χ4n) is 3.82. The molecule has 0 fully saturated rings. The van der Waals surface area contributed by atoms with Gasteiger partial charge in [0.25, 0.3) is 0 Å². The lowest BCUT2D eigenvalue weighted by atomic mass is 9.97. The van der Waals surface area contributed by atoms with Crippen LogP contribution >= 0.6 is 0 Å². The lowest BCUT2D eigenvalue weighted by Crippen LogP contribution is -1.98. The number of hydrogen-bond acceptors (Lipinski definition) is 4. The van der Waals surface area contributed by atoms with Gasteiger partial charge in [-0.05, 0) is 48.5 Å². The molecule has 4 nitrogen and oxygen atoms in total. The van der Waals surface area contributed by atoms with Crippen molar-refractivity contribution in [3.05, 3.63) is 97.1 Å². The minimum Gasteiger partial charge on any atom is -0.399 e. The van der Waals surface area contributed by atoms with E-state index in [1.54, 1.807) is 0 Å². The van der Waals surface area contributed by atoms with Crippen LogP contribution in [0, 0.1) is 0 Å². The molecule has 0 aliphatic rings. The fourth-order valence-corrected chi connectivity index (χ4v) is 3.82. The molecule has 0 aromatic heterocycles. The highest BCUT2D eigenvalue weighted by Gasteiger charge is 2.14. The van der Waals surface area contributed by atoms with E-state index in [0.717, 1.165) is 55.7 Å². The summed E-state index contributed by atoms with van der Waals surface area (Å²) < 4.78 is 0. The summed E-state index contributed by atoms with van der Waals surface area (Å²) in [4.78, 5) is 0. The largest absolute Gasteiger partial charge is 0.399 e. The molecule has 0 unspecified atom stereocenters. The minimum absolute atomic E-state index is 0.748. The normalized spacial score (nSPS) is 10.9. The van der Waals surface area contributed by atoms with Crippen LogP contribution in [0.5, 0.6) is 0 Å². The van der Waals surface area contributed by atoms with Crippen molar-refractivity contribution in [2.45, 2.75) is 0 Å². The topological polar surface area (TPSA) is 76.1 Å². The number of nitrogens with one attached hydrogen (secondary N) is 2. The summed E-state index contributed by atoms with van der Waals surface area (Å²) in [5.74, 6) is 0. The van der Waals surface area contributed by atoms with Gasteiger partial charge in [0.15, 0.2) is 0 Å².